The molecule has 1 N–H and O–H groups in total. The van der Waals surface area contributed by atoms with Crippen molar-refractivity contribution in [1.82, 2.24) is 15.0 Å². The molecule has 0 atom stereocenters. The number of fused-ring (bicyclic) bond motifs is 1. The second kappa shape index (κ2) is 7.62. The second-order valence-corrected chi connectivity index (χ2v) is 6.48. The maximum absolute atomic E-state index is 13.4. The van der Waals surface area contributed by atoms with E-state index in [-0.39, 0.29) is 30.2 Å². The number of rotatable bonds is 4. The molecular weight excluding hydrogens is 399 g/mol. The molecule has 4 rings (SSSR count). The van der Waals surface area contributed by atoms with E-state index in [4.69, 9.17) is 4.74 Å². The number of carbonyl (C=O) groups excluding carboxylic acids is 1. The number of amides is 1. The number of aromatic nitrogens is 3. The molecule has 1 aliphatic rings. The third-order valence-electron chi connectivity index (χ3n) is 4.43. The van der Waals surface area contributed by atoms with Crippen LogP contribution in [0.3, 0.4) is 0 Å². The zero-order valence-corrected chi connectivity index (χ0v) is 15.8. The zero-order chi connectivity index (χ0) is 21.3. The normalized spacial score (nSPS) is 13.9. The van der Waals surface area contributed by atoms with Crippen molar-refractivity contribution in [1.29, 1.82) is 0 Å². The summed E-state index contributed by atoms with van der Waals surface area (Å²) in [5.74, 6) is -0.796. The molecule has 10 heteroatoms. The van der Waals surface area contributed by atoms with Gasteiger partial charge in [-0.05, 0) is 30.7 Å². The molecule has 30 heavy (non-hydrogen) atoms. The second-order valence-electron chi connectivity index (χ2n) is 6.48. The van der Waals surface area contributed by atoms with Crippen LogP contribution in [-0.4, -0.2) is 33.2 Å². The molecule has 0 saturated carbocycles. The summed E-state index contributed by atoms with van der Waals surface area (Å²) < 4.78 is 47.0. The lowest BCUT2D eigenvalue weighted by atomic mass is 10.1. The van der Waals surface area contributed by atoms with Crippen molar-refractivity contribution in [2.45, 2.75) is 19.5 Å². The fourth-order valence-electron chi connectivity index (χ4n) is 3.13. The monoisotopic (exact) mass is 415 g/mol. The van der Waals surface area contributed by atoms with Crippen molar-refractivity contribution < 1.29 is 22.7 Å². The Balaban J connectivity index is 1.82. The maximum Gasteiger partial charge on any atom is 0.420 e. The third-order valence-corrected chi connectivity index (χ3v) is 4.43. The number of hydrogen-bond acceptors (Lipinski definition) is 5. The van der Waals surface area contributed by atoms with Crippen molar-refractivity contribution in [3.8, 4) is 11.4 Å². The van der Waals surface area contributed by atoms with E-state index >= 15 is 0 Å². The van der Waals surface area contributed by atoms with Crippen LogP contribution in [0.1, 0.15) is 24.5 Å². The molecule has 0 radical (unpaired) electrons. The predicted octanol–water partition coefficient (Wildman–Crippen LogP) is 4.15. The summed E-state index contributed by atoms with van der Waals surface area (Å²) >= 11 is 0. The first-order valence-corrected chi connectivity index (χ1v) is 9.07. The van der Waals surface area contributed by atoms with Gasteiger partial charge in [-0.1, -0.05) is 17.3 Å². The Hall–Kier alpha value is -3.69. The summed E-state index contributed by atoms with van der Waals surface area (Å²) in [6.07, 6.45) is -1.52. The van der Waals surface area contributed by atoms with Crippen LogP contribution in [0.4, 0.5) is 24.5 Å². The average molecular weight is 415 g/mol. The number of alkyl halides is 3. The summed E-state index contributed by atoms with van der Waals surface area (Å²) in [7, 11) is 0. The number of halogens is 3. The molecule has 3 aromatic rings. The molecule has 0 fully saturated rings. The van der Waals surface area contributed by atoms with Crippen molar-refractivity contribution in [2.75, 3.05) is 11.9 Å². The molecule has 1 aliphatic heterocycles. The minimum absolute atomic E-state index is 0.0155. The van der Waals surface area contributed by atoms with Crippen LogP contribution >= 0.6 is 0 Å². The number of anilines is 1. The van der Waals surface area contributed by atoms with Gasteiger partial charge in [-0.25, -0.2) is 9.67 Å². The number of ether oxygens (including phenoxy) is 1. The first-order valence-electron chi connectivity index (χ1n) is 9.07. The molecule has 1 aromatic heterocycles. The van der Waals surface area contributed by atoms with Gasteiger partial charge in [0.05, 0.1) is 53.8 Å². The maximum atomic E-state index is 13.4. The molecule has 2 aromatic carbocycles. The Kier molecular flexibility index (Phi) is 4.98. The van der Waals surface area contributed by atoms with Crippen LogP contribution in [0.2, 0.25) is 0 Å². The highest BCUT2D eigenvalue weighted by atomic mass is 19.4. The summed E-state index contributed by atoms with van der Waals surface area (Å²) in [6, 6.07) is 9.19. The lowest BCUT2D eigenvalue weighted by molar-refractivity contribution is -0.138. The van der Waals surface area contributed by atoms with Crippen molar-refractivity contribution in [3.63, 3.8) is 0 Å². The molecule has 0 unspecified atom stereocenters. The lowest BCUT2D eigenvalue weighted by Gasteiger charge is -2.16. The number of nitrogens with one attached hydrogen (secondary N) is 1. The van der Waals surface area contributed by atoms with E-state index < -0.39 is 17.6 Å². The van der Waals surface area contributed by atoms with E-state index in [0.717, 1.165) is 6.07 Å². The van der Waals surface area contributed by atoms with Crippen molar-refractivity contribution in [3.05, 3.63) is 59.9 Å². The number of aliphatic imine (C=N–C) groups is 1. The van der Waals surface area contributed by atoms with Gasteiger partial charge in [-0.15, -0.1) is 5.10 Å². The highest BCUT2D eigenvalue weighted by Crippen LogP contribution is 2.43. The molecule has 7 nitrogen and oxygen atoms in total. The Morgan fingerprint density at radius 3 is 2.77 bits per heavy atom. The van der Waals surface area contributed by atoms with Gasteiger partial charge in [0.2, 0.25) is 5.91 Å². The first-order chi connectivity index (χ1) is 14.3. The predicted molar refractivity (Wildman–Crippen MR) is 103 cm³/mol. The summed E-state index contributed by atoms with van der Waals surface area (Å²) in [5, 5.41) is 10.2. The van der Waals surface area contributed by atoms with Crippen molar-refractivity contribution in [2.24, 2.45) is 4.99 Å². The first kappa shape index (κ1) is 19.6. The van der Waals surface area contributed by atoms with Gasteiger partial charge in [0.15, 0.2) is 0 Å². The zero-order valence-electron chi connectivity index (χ0n) is 15.8. The summed E-state index contributed by atoms with van der Waals surface area (Å²) in [4.78, 5) is 16.9. The van der Waals surface area contributed by atoms with Crippen LogP contribution in [-0.2, 0) is 11.0 Å². The van der Waals surface area contributed by atoms with Gasteiger partial charge in [-0.2, -0.15) is 13.2 Å². The smallest absolute Gasteiger partial charge is 0.420 e. The molecule has 2 heterocycles. The van der Waals surface area contributed by atoms with Crippen LogP contribution in [0.25, 0.3) is 5.69 Å². The van der Waals surface area contributed by atoms with E-state index in [1.165, 1.54) is 12.3 Å². The fraction of sp³-hybridized carbons (Fsp3) is 0.200. The fourth-order valence-corrected chi connectivity index (χ4v) is 3.13. The number of benzene rings is 2. The van der Waals surface area contributed by atoms with Crippen LogP contribution in [0, 0.1) is 0 Å². The minimum atomic E-state index is -4.63. The highest BCUT2D eigenvalue weighted by molar-refractivity contribution is 6.17. The number of carbonyl (C=O) groups is 1. The Labute approximate surface area is 169 Å². The van der Waals surface area contributed by atoms with Crippen molar-refractivity contribution >= 4 is 23.0 Å². The topological polar surface area (TPSA) is 81.4 Å². The van der Waals surface area contributed by atoms with E-state index in [2.05, 4.69) is 20.6 Å². The standard InChI is InChI=1S/C20H16F3N5O2/c1-2-30-18-10-17-16(9-14(18)20(21,22)23)26-19(29)11-15(25-17)12-4-3-5-13(8-12)28-7-6-24-27-28/h3-10H,2,11H2,1H3,(H,26,29). The van der Waals surface area contributed by atoms with Gasteiger partial charge in [-0.3, -0.25) is 4.79 Å². The minimum Gasteiger partial charge on any atom is -0.493 e. The molecule has 0 spiro atoms. The van der Waals surface area contributed by atoms with Crippen LogP contribution in [0.5, 0.6) is 5.75 Å². The van der Waals surface area contributed by atoms with E-state index in [1.807, 2.05) is 6.07 Å². The Morgan fingerprint density at radius 2 is 2.07 bits per heavy atom. The summed E-state index contributed by atoms with van der Waals surface area (Å²) in [6.45, 7) is 1.66. The Bertz CT molecular complexity index is 1120. The lowest BCUT2D eigenvalue weighted by Crippen LogP contribution is -2.16. The molecule has 0 aliphatic carbocycles. The van der Waals surface area contributed by atoms with E-state index in [1.54, 1.807) is 36.0 Å². The largest absolute Gasteiger partial charge is 0.493 e. The molecule has 1 amide bonds. The SMILES string of the molecule is CCOc1cc2c(cc1C(F)(F)F)NC(=O)CC(c1cccc(-n3ccnn3)c1)=N2. The molecule has 0 bridgehead atoms. The molecule has 154 valence electrons. The van der Waals surface area contributed by atoms with Gasteiger partial charge in [0.1, 0.15) is 5.75 Å². The average Bonchev–Trinajstić information content (AvgIpc) is 3.18. The third kappa shape index (κ3) is 3.88. The van der Waals surface area contributed by atoms with Crippen LogP contribution in [0.15, 0.2) is 53.8 Å². The van der Waals surface area contributed by atoms with Gasteiger partial charge < -0.3 is 10.1 Å². The quantitative estimate of drug-likeness (QED) is 0.694. The van der Waals surface area contributed by atoms with Crippen LogP contribution < -0.4 is 10.1 Å². The Morgan fingerprint density at radius 1 is 1.23 bits per heavy atom. The molecule has 0 saturated heterocycles. The van der Waals surface area contributed by atoms with E-state index in [0.29, 0.717) is 17.0 Å². The number of hydrogen-bond donors (Lipinski definition) is 1. The summed E-state index contributed by atoms with van der Waals surface area (Å²) in [5.41, 5.74) is 0.978. The van der Waals surface area contributed by atoms with Gasteiger partial charge in [0, 0.05) is 6.07 Å². The number of nitrogens with zero attached hydrogens (tertiary/aromatic N) is 4. The van der Waals surface area contributed by atoms with Gasteiger partial charge >= 0.3 is 6.18 Å². The van der Waals surface area contributed by atoms with Gasteiger partial charge in [0.25, 0.3) is 0 Å². The highest BCUT2D eigenvalue weighted by Gasteiger charge is 2.36. The molecular formula is C20H16F3N5O2. The van der Waals surface area contributed by atoms with E-state index in [9.17, 15) is 18.0 Å².